The van der Waals surface area contributed by atoms with E-state index >= 15 is 0 Å². The van der Waals surface area contributed by atoms with Gasteiger partial charge >= 0.3 is 0 Å². The van der Waals surface area contributed by atoms with Gasteiger partial charge in [-0.25, -0.2) is 9.97 Å². The Balaban J connectivity index is 1.80. The summed E-state index contributed by atoms with van der Waals surface area (Å²) in [6.07, 6.45) is 4.73. The highest BCUT2D eigenvalue weighted by Gasteiger charge is 2.12. The Bertz CT molecular complexity index is 913. The number of nitrogens with zero attached hydrogens (tertiary/aromatic N) is 3. The van der Waals surface area contributed by atoms with Gasteiger partial charge in [-0.1, -0.05) is 17.7 Å². The molecular formula is C18H15ClN4O2. The van der Waals surface area contributed by atoms with Crippen molar-refractivity contribution in [2.75, 3.05) is 5.32 Å². The van der Waals surface area contributed by atoms with Crippen LogP contribution < -0.4 is 10.1 Å². The van der Waals surface area contributed by atoms with E-state index in [2.05, 4.69) is 20.3 Å². The second kappa shape index (κ2) is 7.27. The molecule has 25 heavy (non-hydrogen) atoms. The average Bonchev–Trinajstić information content (AvgIpc) is 2.56. The van der Waals surface area contributed by atoms with E-state index in [-0.39, 0.29) is 11.6 Å². The molecule has 7 heteroatoms. The summed E-state index contributed by atoms with van der Waals surface area (Å²) in [5.74, 6) is 1.04. The molecule has 0 aromatic carbocycles. The number of pyridine rings is 3. The van der Waals surface area contributed by atoms with Crippen LogP contribution in [0.4, 0.5) is 5.82 Å². The number of anilines is 1. The number of hydrogen-bond donors (Lipinski definition) is 1. The molecule has 0 fully saturated rings. The van der Waals surface area contributed by atoms with Crippen LogP contribution in [0.15, 0.2) is 48.9 Å². The lowest BCUT2D eigenvalue weighted by atomic mass is 10.2. The number of amides is 1. The summed E-state index contributed by atoms with van der Waals surface area (Å²) in [5.41, 5.74) is 1.89. The van der Waals surface area contributed by atoms with E-state index in [0.717, 1.165) is 5.56 Å². The molecule has 0 unspecified atom stereocenters. The van der Waals surface area contributed by atoms with E-state index in [1.165, 1.54) is 12.4 Å². The zero-order valence-corrected chi connectivity index (χ0v) is 14.4. The topological polar surface area (TPSA) is 77.0 Å². The van der Waals surface area contributed by atoms with Crippen molar-refractivity contribution in [3.63, 3.8) is 0 Å². The van der Waals surface area contributed by atoms with Crippen molar-refractivity contribution in [2.24, 2.45) is 0 Å². The molecule has 0 aliphatic heterocycles. The Morgan fingerprint density at radius 2 is 1.92 bits per heavy atom. The average molecular weight is 355 g/mol. The second-order valence-corrected chi connectivity index (χ2v) is 5.88. The summed E-state index contributed by atoms with van der Waals surface area (Å²) < 4.78 is 5.71. The molecule has 3 aromatic heterocycles. The van der Waals surface area contributed by atoms with E-state index in [1.54, 1.807) is 37.4 Å². The van der Waals surface area contributed by atoms with Gasteiger partial charge < -0.3 is 10.1 Å². The zero-order valence-electron chi connectivity index (χ0n) is 13.7. The predicted octanol–water partition coefficient (Wildman–Crippen LogP) is 4.19. The van der Waals surface area contributed by atoms with Crippen LogP contribution in [-0.2, 0) is 0 Å². The molecule has 0 saturated carbocycles. The second-order valence-electron chi connectivity index (χ2n) is 5.45. The number of hydrogen-bond acceptors (Lipinski definition) is 5. The minimum atomic E-state index is -0.367. The minimum Gasteiger partial charge on any atom is -0.456 e. The van der Waals surface area contributed by atoms with E-state index in [9.17, 15) is 4.79 Å². The van der Waals surface area contributed by atoms with Gasteiger partial charge in [-0.05, 0) is 25.5 Å². The highest BCUT2D eigenvalue weighted by molar-refractivity contribution is 6.30. The first-order valence-electron chi connectivity index (χ1n) is 7.51. The maximum Gasteiger partial charge on any atom is 0.275 e. The summed E-state index contributed by atoms with van der Waals surface area (Å²) in [4.78, 5) is 24.8. The molecule has 0 aliphatic carbocycles. The quantitative estimate of drug-likeness (QED) is 0.760. The molecule has 0 aliphatic rings. The SMILES string of the molecule is Cc1ccc(NC(=O)c2cc(Oc3cncc(Cl)c3)cc(C)n2)nc1. The van der Waals surface area contributed by atoms with Crippen molar-refractivity contribution < 1.29 is 9.53 Å². The highest BCUT2D eigenvalue weighted by Crippen LogP contribution is 2.24. The van der Waals surface area contributed by atoms with Crippen LogP contribution in [0.2, 0.25) is 5.02 Å². The van der Waals surface area contributed by atoms with Crippen LogP contribution in [-0.4, -0.2) is 20.9 Å². The van der Waals surface area contributed by atoms with Crippen LogP contribution in [0, 0.1) is 13.8 Å². The van der Waals surface area contributed by atoms with Gasteiger partial charge in [-0.2, -0.15) is 0 Å². The number of carbonyl (C=O) groups is 1. The first kappa shape index (κ1) is 16.9. The third-order valence-electron chi connectivity index (χ3n) is 3.23. The van der Waals surface area contributed by atoms with Gasteiger partial charge in [0.05, 0.1) is 11.2 Å². The van der Waals surface area contributed by atoms with Crippen molar-refractivity contribution in [3.05, 3.63) is 70.9 Å². The van der Waals surface area contributed by atoms with Crippen molar-refractivity contribution in [1.82, 2.24) is 15.0 Å². The van der Waals surface area contributed by atoms with E-state index in [1.807, 2.05) is 13.0 Å². The summed E-state index contributed by atoms with van der Waals surface area (Å²) in [6.45, 7) is 3.71. The Kier molecular flexibility index (Phi) is 4.90. The van der Waals surface area contributed by atoms with Crippen LogP contribution in [0.25, 0.3) is 0 Å². The van der Waals surface area contributed by atoms with Gasteiger partial charge in [-0.15, -0.1) is 0 Å². The molecule has 6 nitrogen and oxygen atoms in total. The molecule has 1 N–H and O–H groups in total. The molecule has 0 radical (unpaired) electrons. The number of aryl methyl sites for hydroxylation is 2. The molecular weight excluding hydrogens is 340 g/mol. The van der Waals surface area contributed by atoms with Gasteiger partial charge in [0, 0.05) is 36.3 Å². The number of rotatable bonds is 4. The maximum atomic E-state index is 12.4. The predicted molar refractivity (Wildman–Crippen MR) is 95.2 cm³/mol. The Labute approximate surface area is 149 Å². The molecule has 0 bridgehead atoms. The summed E-state index contributed by atoms with van der Waals surface area (Å²) in [7, 11) is 0. The summed E-state index contributed by atoms with van der Waals surface area (Å²) in [5, 5.41) is 3.18. The first-order chi connectivity index (χ1) is 12.0. The third kappa shape index (κ3) is 4.51. The highest BCUT2D eigenvalue weighted by atomic mass is 35.5. The van der Waals surface area contributed by atoms with Crippen LogP contribution in [0.1, 0.15) is 21.7 Å². The number of ether oxygens (including phenoxy) is 1. The number of carbonyl (C=O) groups excluding carboxylic acids is 1. The van der Waals surface area contributed by atoms with Crippen molar-refractivity contribution in [1.29, 1.82) is 0 Å². The Morgan fingerprint density at radius 1 is 1.08 bits per heavy atom. The zero-order chi connectivity index (χ0) is 17.8. The molecule has 0 spiro atoms. The van der Waals surface area contributed by atoms with Crippen LogP contribution in [0.5, 0.6) is 11.5 Å². The Hall–Kier alpha value is -2.99. The van der Waals surface area contributed by atoms with Crippen molar-refractivity contribution in [3.8, 4) is 11.5 Å². The van der Waals surface area contributed by atoms with Gasteiger partial charge in [0.25, 0.3) is 5.91 Å². The van der Waals surface area contributed by atoms with Gasteiger partial charge in [0.1, 0.15) is 23.0 Å². The fourth-order valence-electron chi connectivity index (χ4n) is 2.12. The van der Waals surface area contributed by atoms with Crippen molar-refractivity contribution in [2.45, 2.75) is 13.8 Å². The molecule has 3 rings (SSSR count). The number of halogens is 1. The van der Waals surface area contributed by atoms with Gasteiger partial charge in [0.15, 0.2) is 0 Å². The molecule has 0 saturated heterocycles. The summed E-state index contributed by atoms with van der Waals surface area (Å²) in [6, 6.07) is 8.52. The molecule has 3 aromatic rings. The molecule has 1 amide bonds. The van der Waals surface area contributed by atoms with Crippen molar-refractivity contribution >= 4 is 23.3 Å². The van der Waals surface area contributed by atoms with E-state index in [4.69, 9.17) is 16.3 Å². The number of aromatic nitrogens is 3. The lowest BCUT2D eigenvalue weighted by molar-refractivity contribution is 0.102. The van der Waals surface area contributed by atoms with E-state index < -0.39 is 0 Å². The first-order valence-corrected chi connectivity index (χ1v) is 7.88. The third-order valence-corrected chi connectivity index (χ3v) is 3.43. The smallest absolute Gasteiger partial charge is 0.275 e. The largest absolute Gasteiger partial charge is 0.456 e. The fraction of sp³-hybridized carbons (Fsp3) is 0.111. The number of nitrogens with one attached hydrogen (secondary N) is 1. The lowest BCUT2D eigenvalue weighted by Crippen LogP contribution is -2.15. The normalized spacial score (nSPS) is 10.4. The van der Waals surface area contributed by atoms with Crippen LogP contribution >= 0.6 is 11.6 Å². The minimum absolute atomic E-state index is 0.229. The monoisotopic (exact) mass is 354 g/mol. The standard InChI is InChI=1S/C18H15ClN4O2/c1-11-3-4-17(21-8-11)23-18(24)16-7-14(5-12(2)22-16)25-15-6-13(19)9-20-10-15/h3-10H,1-2H3,(H,21,23,24). The van der Waals surface area contributed by atoms with Gasteiger partial charge in [-0.3, -0.25) is 9.78 Å². The molecule has 126 valence electrons. The lowest BCUT2D eigenvalue weighted by Gasteiger charge is -2.09. The van der Waals surface area contributed by atoms with Crippen LogP contribution in [0.3, 0.4) is 0 Å². The molecule has 0 atom stereocenters. The summed E-state index contributed by atoms with van der Waals surface area (Å²) >= 11 is 5.90. The Morgan fingerprint density at radius 3 is 2.64 bits per heavy atom. The van der Waals surface area contributed by atoms with E-state index in [0.29, 0.717) is 28.0 Å². The maximum absolute atomic E-state index is 12.4. The molecule has 3 heterocycles. The van der Waals surface area contributed by atoms with Gasteiger partial charge in [0.2, 0.25) is 0 Å². The fourth-order valence-corrected chi connectivity index (χ4v) is 2.28.